The first-order chi connectivity index (χ1) is 12.9. The molecule has 1 fully saturated rings. The third-order valence-corrected chi connectivity index (χ3v) is 6.39. The van der Waals surface area contributed by atoms with Crippen LogP contribution < -0.4 is 5.32 Å². The Balaban J connectivity index is 1.75. The van der Waals surface area contributed by atoms with E-state index >= 15 is 0 Å². The molecule has 1 amide bonds. The Hall–Kier alpha value is -2.76. The van der Waals surface area contributed by atoms with Crippen LogP contribution in [0.2, 0.25) is 0 Å². The molecule has 0 aromatic heterocycles. The van der Waals surface area contributed by atoms with Crippen LogP contribution in [0.4, 0.5) is 10.1 Å². The number of benzene rings is 2. The van der Waals surface area contributed by atoms with E-state index in [0.717, 1.165) is 12.1 Å². The summed E-state index contributed by atoms with van der Waals surface area (Å²) in [6.07, 6.45) is 1.09. The molecule has 0 radical (unpaired) electrons. The highest BCUT2D eigenvalue weighted by Crippen LogP contribution is 2.25. The number of hydrogen-bond donors (Lipinski definition) is 1. The summed E-state index contributed by atoms with van der Waals surface area (Å²) in [4.78, 5) is 12.6. The van der Waals surface area contributed by atoms with Gasteiger partial charge < -0.3 is 5.32 Å². The zero-order valence-corrected chi connectivity index (χ0v) is 15.2. The van der Waals surface area contributed by atoms with Gasteiger partial charge in [0, 0.05) is 13.1 Å². The van der Waals surface area contributed by atoms with Gasteiger partial charge in [-0.1, -0.05) is 12.1 Å². The van der Waals surface area contributed by atoms with Crippen molar-refractivity contribution in [2.24, 2.45) is 5.92 Å². The number of amides is 1. The highest BCUT2D eigenvalue weighted by Gasteiger charge is 2.33. The van der Waals surface area contributed by atoms with E-state index in [1.807, 2.05) is 6.07 Å². The van der Waals surface area contributed by atoms with E-state index in [1.54, 1.807) is 24.3 Å². The van der Waals surface area contributed by atoms with Crippen molar-refractivity contribution in [3.05, 3.63) is 59.9 Å². The van der Waals surface area contributed by atoms with Gasteiger partial charge >= 0.3 is 0 Å². The second kappa shape index (κ2) is 7.86. The number of para-hydroxylation sites is 1. The molecule has 27 heavy (non-hydrogen) atoms. The monoisotopic (exact) mass is 387 g/mol. The summed E-state index contributed by atoms with van der Waals surface area (Å²) >= 11 is 0. The Labute approximate surface area is 157 Å². The first-order valence-corrected chi connectivity index (χ1v) is 9.91. The van der Waals surface area contributed by atoms with Crippen molar-refractivity contribution in [3.63, 3.8) is 0 Å². The number of anilines is 1. The Bertz CT molecular complexity index is 984. The van der Waals surface area contributed by atoms with Crippen molar-refractivity contribution in [2.45, 2.75) is 17.7 Å². The number of carbonyl (C=O) groups excluding carboxylic acids is 1. The van der Waals surface area contributed by atoms with Crippen molar-refractivity contribution in [2.75, 3.05) is 18.4 Å². The first kappa shape index (κ1) is 19.0. The zero-order chi connectivity index (χ0) is 19.4. The van der Waals surface area contributed by atoms with Crippen LogP contribution in [0.25, 0.3) is 0 Å². The molecule has 0 spiro atoms. The Morgan fingerprint density at radius 2 is 1.89 bits per heavy atom. The van der Waals surface area contributed by atoms with Gasteiger partial charge in [0.15, 0.2) is 0 Å². The minimum Gasteiger partial charge on any atom is -0.325 e. The number of hydrogen-bond acceptors (Lipinski definition) is 4. The molecule has 1 aliphatic heterocycles. The van der Waals surface area contributed by atoms with Crippen LogP contribution in [0, 0.1) is 23.1 Å². The van der Waals surface area contributed by atoms with E-state index in [-0.39, 0.29) is 17.3 Å². The quantitative estimate of drug-likeness (QED) is 0.873. The van der Waals surface area contributed by atoms with Crippen molar-refractivity contribution >= 4 is 21.6 Å². The summed E-state index contributed by atoms with van der Waals surface area (Å²) in [5.41, 5.74) is 0.751. The molecular weight excluding hydrogens is 369 g/mol. The number of carbonyl (C=O) groups is 1. The van der Waals surface area contributed by atoms with Crippen molar-refractivity contribution in [3.8, 4) is 6.07 Å². The molecular formula is C19H18FN3O3S. The molecule has 3 rings (SSSR count). The van der Waals surface area contributed by atoms with Crippen LogP contribution in [0.3, 0.4) is 0 Å². The smallest absolute Gasteiger partial charge is 0.243 e. The number of nitrogens with zero attached hydrogens (tertiary/aromatic N) is 2. The Morgan fingerprint density at radius 3 is 2.59 bits per heavy atom. The molecule has 6 nitrogen and oxygen atoms in total. The van der Waals surface area contributed by atoms with Gasteiger partial charge in [-0.05, 0) is 49.2 Å². The second-order valence-electron chi connectivity index (χ2n) is 6.30. The van der Waals surface area contributed by atoms with Gasteiger partial charge in [-0.15, -0.1) is 0 Å². The average molecular weight is 387 g/mol. The molecule has 1 aliphatic rings. The predicted molar refractivity (Wildman–Crippen MR) is 97.7 cm³/mol. The van der Waals surface area contributed by atoms with E-state index in [0.29, 0.717) is 30.6 Å². The predicted octanol–water partition coefficient (Wildman–Crippen LogP) is 2.74. The Morgan fingerprint density at radius 1 is 1.19 bits per heavy atom. The molecule has 0 saturated carbocycles. The average Bonchev–Trinajstić information content (AvgIpc) is 2.69. The molecule has 1 heterocycles. The van der Waals surface area contributed by atoms with Crippen LogP contribution in [0.1, 0.15) is 18.4 Å². The zero-order valence-electron chi connectivity index (χ0n) is 14.4. The minimum atomic E-state index is -3.80. The normalized spacial score (nSPS) is 17.9. The molecule has 1 unspecified atom stereocenters. The van der Waals surface area contributed by atoms with Gasteiger partial charge in [0.25, 0.3) is 0 Å². The maximum atomic E-state index is 13.1. The van der Waals surface area contributed by atoms with Gasteiger partial charge in [0.2, 0.25) is 15.9 Å². The lowest BCUT2D eigenvalue weighted by molar-refractivity contribution is -0.120. The molecule has 8 heteroatoms. The second-order valence-corrected chi connectivity index (χ2v) is 8.24. The van der Waals surface area contributed by atoms with Crippen LogP contribution in [-0.4, -0.2) is 31.7 Å². The molecule has 0 bridgehead atoms. The van der Waals surface area contributed by atoms with E-state index in [1.165, 1.54) is 16.4 Å². The van der Waals surface area contributed by atoms with Gasteiger partial charge in [-0.25, -0.2) is 12.8 Å². The highest BCUT2D eigenvalue weighted by molar-refractivity contribution is 7.89. The summed E-state index contributed by atoms with van der Waals surface area (Å²) in [5, 5.41) is 11.8. The molecule has 0 aliphatic carbocycles. The summed E-state index contributed by atoms with van der Waals surface area (Å²) in [7, 11) is -3.80. The van der Waals surface area contributed by atoms with Crippen LogP contribution in [-0.2, 0) is 14.8 Å². The number of halogens is 1. The van der Waals surface area contributed by atoms with E-state index in [9.17, 15) is 17.6 Å². The fourth-order valence-corrected chi connectivity index (χ4v) is 4.58. The summed E-state index contributed by atoms with van der Waals surface area (Å²) in [5.74, 6) is -1.36. The van der Waals surface area contributed by atoms with Crippen molar-refractivity contribution < 1.29 is 17.6 Å². The molecule has 2 aromatic carbocycles. The van der Waals surface area contributed by atoms with Crippen LogP contribution in [0.15, 0.2) is 53.4 Å². The lowest BCUT2D eigenvalue weighted by Crippen LogP contribution is -2.43. The highest BCUT2D eigenvalue weighted by atomic mass is 32.2. The Kier molecular flexibility index (Phi) is 5.54. The van der Waals surface area contributed by atoms with E-state index in [2.05, 4.69) is 5.32 Å². The standard InChI is InChI=1S/C19H18FN3O3S/c20-16-7-9-17(10-8-16)27(25,26)23-11-3-5-15(13-23)19(24)22-18-6-2-1-4-14(18)12-21/h1-2,4,6-10,15H,3,5,11,13H2,(H,22,24). The van der Waals surface area contributed by atoms with Gasteiger partial charge in [0.05, 0.1) is 22.1 Å². The third kappa shape index (κ3) is 4.15. The van der Waals surface area contributed by atoms with Gasteiger partial charge in [-0.3, -0.25) is 4.79 Å². The number of rotatable bonds is 4. The topological polar surface area (TPSA) is 90.3 Å². The number of sulfonamides is 1. The molecule has 1 atom stereocenters. The number of nitrogens with one attached hydrogen (secondary N) is 1. The summed E-state index contributed by atoms with van der Waals surface area (Å²) in [6.45, 7) is 0.346. The molecule has 2 aromatic rings. The minimum absolute atomic E-state index is 0.000200. The van der Waals surface area contributed by atoms with Gasteiger partial charge in [-0.2, -0.15) is 9.57 Å². The summed E-state index contributed by atoms with van der Waals surface area (Å²) in [6, 6.07) is 13.3. The lowest BCUT2D eigenvalue weighted by atomic mass is 9.98. The van der Waals surface area contributed by atoms with Crippen LogP contribution in [0.5, 0.6) is 0 Å². The third-order valence-electron chi connectivity index (χ3n) is 4.51. The number of nitriles is 1. The first-order valence-electron chi connectivity index (χ1n) is 8.47. The number of piperidine rings is 1. The maximum Gasteiger partial charge on any atom is 0.243 e. The summed E-state index contributed by atoms with van der Waals surface area (Å²) < 4.78 is 39.8. The van der Waals surface area contributed by atoms with E-state index < -0.39 is 21.8 Å². The molecule has 1 N–H and O–H groups in total. The maximum absolute atomic E-state index is 13.1. The van der Waals surface area contributed by atoms with Crippen molar-refractivity contribution in [1.82, 2.24) is 4.31 Å². The van der Waals surface area contributed by atoms with Gasteiger partial charge in [0.1, 0.15) is 11.9 Å². The van der Waals surface area contributed by atoms with E-state index in [4.69, 9.17) is 5.26 Å². The molecule has 140 valence electrons. The van der Waals surface area contributed by atoms with Crippen LogP contribution >= 0.6 is 0 Å². The SMILES string of the molecule is N#Cc1ccccc1NC(=O)C1CCCN(S(=O)(=O)c2ccc(F)cc2)C1. The van der Waals surface area contributed by atoms with Crippen molar-refractivity contribution in [1.29, 1.82) is 5.26 Å². The largest absolute Gasteiger partial charge is 0.325 e. The lowest BCUT2D eigenvalue weighted by Gasteiger charge is -2.31. The molecule has 1 saturated heterocycles. The fourth-order valence-electron chi connectivity index (χ4n) is 3.05. The fraction of sp³-hybridized carbons (Fsp3) is 0.263.